The summed E-state index contributed by atoms with van der Waals surface area (Å²) in [5.74, 6) is 5.81. The van der Waals surface area contributed by atoms with Gasteiger partial charge in [-0.3, -0.25) is 0 Å². The Morgan fingerprint density at radius 3 is 3.00 bits per heavy atom. The summed E-state index contributed by atoms with van der Waals surface area (Å²) in [5, 5.41) is 13.1. The molecule has 1 atom stereocenters. The van der Waals surface area contributed by atoms with Gasteiger partial charge in [-0.25, -0.2) is 0 Å². The number of aliphatic hydroxyl groups excluding tert-OH is 1. The topological polar surface area (TPSA) is 32.3 Å². The van der Waals surface area contributed by atoms with E-state index in [2.05, 4.69) is 33.1 Å². The Hall–Kier alpha value is -0.820. The van der Waals surface area contributed by atoms with E-state index in [1.54, 1.807) is 0 Å². The van der Waals surface area contributed by atoms with Crippen LogP contribution in [-0.4, -0.2) is 18.2 Å². The molecule has 0 saturated carbocycles. The first-order valence-electron chi connectivity index (χ1n) is 5.28. The number of benzene rings is 1. The van der Waals surface area contributed by atoms with Crippen LogP contribution < -0.4 is 5.32 Å². The minimum atomic E-state index is -0.466. The van der Waals surface area contributed by atoms with E-state index in [4.69, 9.17) is 0 Å². The van der Waals surface area contributed by atoms with E-state index in [-0.39, 0.29) is 0 Å². The number of rotatable bonds is 5. The fourth-order valence-corrected chi connectivity index (χ4v) is 1.76. The normalized spacial score (nSPS) is 11.7. The van der Waals surface area contributed by atoms with Gasteiger partial charge >= 0.3 is 0 Å². The molecule has 3 heteroatoms. The summed E-state index contributed by atoms with van der Waals surface area (Å²) in [7, 11) is 0. The van der Waals surface area contributed by atoms with E-state index in [0.717, 1.165) is 23.0 Å². The molecule has 0 aromatic heterocycles. The molecule has 0 bridgehead atoms. The minimum Gasteiger partial charge on any atom is -0.387 e. The molecule has 16 heavy (non-hydrogen) atoms. The Balaban J connectivity index is 2.34. The van der Waals surface area contributed by atoms with Crippen LogP contribution in [0.2, 0.25) is 0 Å². The predicted octanol–water partition coefficient (Wildman–Crippen LogP) is 2.49. The average Bonchev–Trinajstić information content (AvgIpc) is 2.28. The van der Waals surface area contributed by atoms with E-state index < -0.39 is 6.10 Å². The summed E-state index contributed by atoms with van der Waals surface area (Å²) in [6.07, 6.45) is 0.355. The Morgan fingerprint density at radius 1 is 1.50 bits per heavy atom. The van der Waals surface area contributed by atoms with Gasteiger partial charge < -0.3 is 10.4 Å². The van der Waals surface area contributed by atoms with Crippen molar-refractivity contribution >= 4 is 15.9 Å². The molecule has 86 valence electrons. The van der Waals surface area contributed by atoms with Crippen molar-refractivity contribution < 1.29 is 5.11 Å². The molecule has 0 heterocycles. The zero-order chi connectivity index (χ0) is 11.8. The first-order valence-corrected chi connectivity index (χ1v) is 6.07. The Bertz CT molecular complexity index is 381. The fraction of sp³-hybridized carbons (Fsp3) is 0.385. The van der Waals surface area contributed by atoms with Crippen LogP contribution in [-0.2, 0) is 0 Å². The smallest absolute Gasteiger partial charge is 0.0914 e. The lowest BCUT2D eigenvalue weighted by Gasteiger charge is -2.11. The van der Waals surface area contributed by atoms with Crippen LogP contribution in [0.25, 0.3) is 0 Å². The highest BCUT2D eigenvalue weighted by Gasteiger charge is 2.06. The zero-order valence-electron chi connectivity index (χ0n) is 9.33. The molecule has 0 aliphatic carbocycles. The minimum absolute atomic E-state index is 0.466. The van der Waals surface area contributed by atoms with Crippen LogP contribution in [0.15, 0.2) is 28.7 Å². The molecule has 0 aliphatic heterocycles. The molecule has 2 nitrogen and oxygen atoms in total. The van der Waals surface area contributed by atoms with Gasteiger partial charge in [0.15, 0.2) is 0 Å². The monoisotopic (exact) mass is 281 g/mol. The van der Waals surface area contributed by atoms with Crippen molar-refractivity contribution in [1.29, 1.82) is 0 Å². The number of nitrogens with one attached hydrogen (secondary N) is 1. The molecule has 0 amide bonds. The molecule has 1 rings (SSSR count). The van der Waals surface area contributed by atoms with E-state index in [1.807, 2.05) is 31.2 Å². The van der Waals surface area contributed by atoms with E-state index in [1.165, 1.54) is 0 Å². The number of hydrogen-bond donors (Lipinski definition) is 2. The highest BCUT2D eigenvalue weighted by molar-refractivity contribution is 9.10. The third-order valence-corrected chi connectivity index (χ3v) is 2.67. The first kappa shape index (κ1) is 13.2. The van der Waals surface area contributed by atoms with E-state index >= 15 is 0 Å². The lowest BCUT2D eigenvalue weighted by molar-refractivity contribution is 0.175. The van der Waals surface area contributed by atoms with Crippen molar-refractivity contribution in [3.05, 3.63) is 34.3 Å². The molecule has 2 N–H and O–H groups in total. The predicted molar refractivity (Wildman–Crippen MR) is 70.0 cm³/mol. The van der Waals surface area contributed by atoms with Crippen molar-refractivity contribution in [1.82, 2.24) is 5.32 Å². The highest BCUT2D eigenvalue weighted by atomic mass is 79.9. The number of halogens is 1. The lowest BCUT2D eigenvalue weighted by atomic mass is 10.1. The van der Waals surface area contributed by atoms with Gasteiger partial charge in [0.1, 0.15) is 0 Å². The third-order valence-electron chi connectivity index (χ3n) is 2.17. The fourth-order valence-electron chi connectivity index (χ4n) is 1.35. The molecule has 0 spiro atoms. The zero-order valence-corrected chi connectivity index (χ0v) is 10.9. The maximum Gasteiger partial charge on any atom is 0.0914 e. The Morgan fingerprint density at radius 2 is 2.31 bits per heavy atom. The van der Waals surface area contributed by atoms with Crippen molar-refractivity contribution in [3.63, 3.8) is 0 Å². The molecule has 0 fully saturated rings. The summed E-state index contributed by atoms with van der Waals surface area (Å²) in [5.41, 5.74) is 0.920. The Labute approximate surface area is 105 Å². The average molecular weight is 282 g/mol. The van der Waals surface area contributed by atoms with Gasteiger partial charge in [0, 0.05) is 24.0 Å². The second-order valence-corrected chi connectivity index (χ2v) is 4.37. The highest BCUT2D eigenvalue weighted by Crippen LogP contribution is 2.17. The van der Waals surface area contributed by atoms with E-state index in [9.17, 15) is 5.11 Å². The van der Waals surface area contributed by atoms with Crippen molar-refractivity contribution in [2.45, 2.75) is 19.4 Å². The van der Waals surface area contributed by atoms with Crippen LogP contribution in [0.4, 0.5) is 0 Å². The van der Waals surface area contributed by atoms with Crippen molar-refractivity contribution in [2.75, 3.05) is 13.1 Å². The lowest BCUT2D eigenvalue weighted by Crippen LogP contribution is -2.22. The number of aliphatic hydroxyl groups is 1. The third kappa shape index (κ3) is 4.80. The molecule has 1 aromatic carbocycles. The summed E-state index contributed by atoms with van der Waals surface area (Å²) >= 11 is 3.38. The van der Waals surface area contributed by atoms with E-state index in [0.29, 0.717) is 6.54 Å². The van der Waals surface area contributed by atoms with Gasteiger partial charge in [-0.1, -0.05) is 28.1 Å². The molecule has 0 aliphatic rings. The van der Waals surface area contributed by atoms with Gasteiger partial charge in [-0.15, -0.1) is 11.8 Å². The van der Waals surface area contributed by atoms with Gasteiger partial charge in [0.25, 0.3) is 0 Å². The SMILES string of the molecule is CC#CCCNCC(O)c1cccc(Br)c1. The van der Waals surface area contributed by atoms with Gasteiger partial charge in [-0.05, 0) is 24.6 Å². The largest absolute Gasteiger partial charge is 0.387 e. The molecule has 1 unspecified atom stereocenters. The van der Waals surface area contributed by atoms with Crippen LogP contribution in [0, 0.1) is 11.8 Å². The molecule has 0 radical (unpaired) electrons. The summed E-state index contributed by atoms with van der Waals surface area (Å²) in [6.45, 7) is 3.20. The first-order chi connectivity index (χ1) is 7.74. The number of hydrogen-bond acceptors (Lipinski definition) is 2. The molecule has 1 aromatic rings. The summed E-state index contributed by atoms with van der Waals surface area (Å²) < 4.78 is 0.987. The summed E-state index contributed by atoms with van der Waals surface area (Å²) in [6, 6.07) is 7.72. The second-order valence-electron chi connectivity index (χ2n) is 3.45. The second kappa shape index (κ2) is 7.45. The van der Waals surface area contributed by atoms with Crippen LogP contribution in [0.3, 0.4) is 0 Å². The molecule has 0 saturated heterocycles. The Kier molecular flexibility index (Phi) is 6.17. The van der Waals surface area contributed by atoms with Gasteiger partial charge in [0.2, 0.25) is 0 Å². The van der Waals surface area contributed by atoms with Crippen LogP contribution >= 0.6 is 15.9 Å². The summed E-state index contributed by atoms with van der Waals surface area (Å²) in [4.78, 5) is 0. The quantitative estimate of drug-likeness (QED) is 0.642. The van der Waals surface area contributed by atoms with Crippen molar-refractivity contribution in [2.24, 2.45) is 0 Å². The van der Waals surface area contributed by atoms with Crippen LogP contribution in [0.5, 0.6) is 0 Å². The van der Waals surface area contributed by atoms with Gasteiger partial charge in [-0.2, -0.15) is 0 Å². The van der Waals surface area contributed by atoms with Crippen molar-refractivity contribution in [3.8, 4) is 11.8 Å². The maximum absolute atomic E-state index is 9.88. The molecular weight excluding hydrogens is 266 g/mol. The molecular formula is C13H16BrNO. The maximum atomic E-state index is 9.88. The van der Waals surface area contributed by atoms with Crippen LogP contribution in [0.1, 0.15) is 25.0 Å². The van der Waals surface area contributed by atoms with Gasteiger partial charge in [0.05, 0.1) is 6.10 Å². The standard InChI is InChI=1S/C13H16BrNO/c1-2-3-4-8-15-10-13(16)11-6-5-7-12(14)9-11/h5-7,9,13,15-16H,4,8,10H2,1H3.